The predicted octanol–water partition coefficient (Wildman–Crippen LogP) is 3.02. The summed E-state index contributed by atoms with van der Waals surface area (Å²) in [5.74, 6) is 0.0545. The van der Waals surface area contributed by atoms with Gasteiger partial charge in [-0.05, 0) is 24.3 Å². The van der Waals surface area contributed by atoms with Crippen LogP contribution in [-0.2, 0) is 0 Å². The smallest absolute Gasteiger partial charge is 0.232 e. The lowest BCUT2D eigenvalue weighted by Gasteiger charge is -2.12. The second-order valence-corrected chi connectivity index (χ2v) is 4.80. The summed E-state index contributed by atoms with van der Waals surface area (Å²) in [5.41, 5.74) is 1.33. The Labute approximate surface area is 100 Å². The largest absolute Gasteiger partial charge is 0.293 e. The van der Waals surface area contributed by atoms with Crippen molar-refractivity contribution in [2.45, 2.75) is 12.8 Å². The van der Waals surface area contributed by atoms with Gasteiger partial charge in [0.05, 0.1) is 11.2 Å². The minimum absolute atomic E-state index is 0.00641. The summed E-state index contributed by atoms with van der Waals surface area (Å²) >= 11 is 3.38. The van der Waals surface area contributed by atoms with E-state index in [1.54, 1.807) is 6.07 Å². The molecule has 1 aromatic heterocycles. The third-order valence-corrected chi connectivity index (χ3v) is 3.36. The van der Waals surface area contributed by atoms with Gasteiger partial charge in [0, 0.05) is 22.7 Å². The summed E-state index contributed by atoms with van der Waals surface area (Å²) in [7, 11) is 0. The number of rotatable bonds is 0. The SMILES string of the molecule is O=C1CCC(=O)n2c1cc1cc(Br)ccc12. The average Bonchev–Trinajstić information content (AvgIpc) is 2.63. The van der Waals surface area contributed by atoms with Crippen molar-refractivity contribution in [3.05, 3.63) is 34.4 Å². The van der Waals surface area contributed by atoms with E-state index < -0.39 is 0 Å². The molecule has 0 atom stereocenters. The molecule has 0 unspecified atom stereocenters. The molecule has 2 aromatic rings. The van der Waals surface area contributed by atoms with E-state index in [1.165, 1.54) is 4.57 Å². The van der Waals surface area contributed by atoms with E-state index in [1.807, 2.05) is 18.2 Å². The zero-order valence-corrected chi connectivity index (χ0v) is 9.95. The number of hydrogen-bond acceptors (Lipinski definition) is 2. The van der Waals surface area contributed by atoms with Crippen molar-refractivity contribution in [2.24, 2.45) is 0 Å². The number of benzene rings is 1. The second-order valence-electron chi connectivity index (χ2n) is 3.89. The highest BCUT2D eigenvalue weighted by Crippen LogP contribution is 2.27. The van der Waals surface area contributed by atoms with Crippen molar-refractivity contribution in [1.82, 2.24) is 4.57 Å². The molecule has 0 saturated heterocycles. The van der Waals surface area contributed by atoms with Gasteiger partial charge in [-0.2, -0.15) is 0 Å². The van der Waals surface area contributed by atoms with Crippen LogP contribution in [0.15, 0.2) is 28.7 Å². The van der Waals surface area contributed by atoms with Crippen molar-refractivity contribution < 1.29 is 9.59 Å². The summed E-state index contributed by atoms with van der Waals surface area (Å²) in [4.78, 5) is 23.5. The Morgan fingerprint density at radius 2 is 1.94 bits per heavy atom. The molecule has 3 nitrogen and oxygen atoms in total. The highest BCUT2D eigenvalue weighted by molar-refractivity contribution is 9.10. The van der Waals surface area contributed by atoms with Crippen molar-refractivity contribution in [2.75, 3.05) is 0 Å². The summed E-state index contributed by atoms with van der Waals surface area (Å²) in [6.45, 7) is 0. The molecule has 0 radical (unpaired) electrons. The van der Waals surface area contributed by atoms with Crippen LogP contribution in [-0.4, -0.2) is 16.3 Å². The van der Waals surface area contributed by atoms with Crippen LogP contribution >= 0.6 is 15.9 Å². The van der Waals surface area contributed by atoms with Crippen LogP contribution in [0.4, 0.5) is 0 Å². The van der Waals surface area contributed by atoms with Crippen LogP contribution in [0, 0.1) is 0 Å². The fourth-order valence-corrected chi connectivity index (χ4v) is 2.50. The number of hydrogen-bond donors (Lipinski definition) is 0. The standard InChI is InChI=1S/C12H8BrNO2/c13-8-1-2-9-7(5-8)6-10-11(15)3-4-12(16)14(9)10/h1-2,5-6H,3-4H2. The van der Waals surface area contributed by atoms with Crippen LogP contribution in [0.25, 0.3) is 10.9 Å². The number of nitrogens with zero attached hydrogens (tertiary/aromatic N) is 1. The van der Waals surface area contributed by atoms with Crippen LogP contribution in [0.1, 0.15) is 28.1 Å². The van der Waals surface area contributed by atoms with Gasteiger partial charge < -0.3 is 0 Å². The molecule has 1 aliphatic rings. The molecule has 0 spiro atoms. The summed E-state index contributed by atoms with van der Waals surface area (Å²) < 4.78 is 2.48. The zero-order chi connectivity index (χ0) is 11.3. The Kier molecular flexibility index (Phi) is 2.01. The fourth-order valence-electron chi connectivity index (χ4n) is 2.12. The van der Waals surface area contributed by atoms with Gasteiger partial charge in [0.1, 0.15) is 0 Å². The molecule has 0 saturated carbocycles. The highest BCUT2D eigenvalue weighted by atomic mass is 79.9. The van der Waals surface area contributed by atoms with Gasteiger partial charge in [0.25, 0.3) is 0 Å². The number of halogens is 1. The predicted molar refractivity (Wildman–Crippen MR) is 63.8 cm³/mol. The molecular formula is C12H8BrNO2. The number of aromatic nitrogens is 1. The van der Waals surface area contributed by atoms with E-state index in [9.17, 15) is 9.59 Å². The number of Topliss-reactive ketones (excluding diaryl/α,β-unsaturated/α-hetero) is 1. The first-order valence-electron chi connectivity index (χ1n) is 5.04. The zero-order valence-electron chi connectivity index (χ0n) is 8.37. The summed E-state index contributed by atoms with van der Waals surface area (Å²) in [6.07, 6.45) is 0.641. The number of fused-ring (bicyclic) bond motifs is 3. The Morgan fingerprint density at radius 3 is 2.75 bits per heavy atom. The minimum atomic E-state index is 0.00641. The van der Waals surface area contributed by atoms with Gasteiger partial charge in [-0.1, -0.05) is 15.9 Å². The Balaban J connectivity index is 2.41. The normalized spacial score (nSPS) is 15.6. The van der Waals surface area contributed by atoms with Crippen molar-refractivity contribution in [3.8, 4) is 0 Å². The average molecular weight is 278 g/mol. The fraction of sp³-hybridized carbons (Fsp3) is 0.167. The molecule has 80 valence electrons. The molecule has 1 aliphatic heterocycles. The molecule has 1 aromatic carbocycles. The van der Waals surface area contributed by atoms with Crippen molar-refractivity contribution in [1.29, 1.82) is 0 Å². The lowest BCUT2D eigenvalue weighted by molar-refractivity contribution is 0.0821. The Hall–Kier alpha value is -1.42. The first kappa shape index (κ1) is 9.78. The number of ketones is 1. The Bertz CT molecular complexity index is 627. The van der Waals surface area contributed by atoms with Crippen LogP contribution in [0.3, 0.4) is 0 Å². The summed E-state index contributed by atoms with van der Waals surface area (Å²) in [5, 5.41) is 0.924. The van der Waals surface area contributed by atoms with Crippen LogP contribution < -0.4 is 0 Å². The second kappa shape index (κ2) is 3.28. The van der Waals surface area contributed by atoms with E-state index in [-0.39, 0.29) is 11.7 Å². The maximum Gasteiger partial charge on any atom is 0.232 e. The van der Waals surface area contributed by atoms with E-state index in [0.29, 0.717) is 18.5 Å². The molecular weight excluding hydrogens is 270 g/mol. The van der Waals surface area contributed by atoms with Gasteiger partial charge in [-0.15, -0.1) is 0 Å². The first-order chi connectivity index (χ1) is 7.66. The third kappa shape index (κ3) is 1.26. The van der Waals surface area contributed by atoms with E-state index in [2.05, 4.69) is 15.9 Å². The number of carbonyl (C=O) groups excluding carboxylic acids is 2. The molecule has 0 fully saturated rings. The van der Waals surface area contributed by atoms with Gasteiger partial charge in [0.2, 0.25) is 5.91 Å². The molecule has 3 rings (SSSR count). The van der Waals surface area contributed by atoms with E-state index >= 15 is 0 Å². The molecule has 0 N–H and O–H groups in total. The molecule has 16 heavy (non-hydrogen) atoms. The van der Waals surface area contributed by atoms with Gasteiger partial charge in [-0.25, -0.2) is 0 Å². The quantitative estimate of drug-likeness (QED) is 0.743. The molecule has 0 aliphatic carbocycles. The lowest BCUT2D eigenvalue weighted by Crippen LogP contribution is -2.23. The minimum Gasteiger partial charge on any atom is -0.293 e. The molecule has 2 heterocycles. The van der Waals surface area contributed by atoms with E-state index in [4.69, 9.17) is 0 Å². The maximum atomic E-state index is 11.8. The first-order valence-corrected chi connectivity index (χ1v) is 5.83. The van der Waals surface area contributed by atoms with Crippen molar-refractivity contribution >= 4 is 38.5 Å². The topological polar surface area (TPSA) is 39.1 Å². The summed E-state index contributed by atoms with van der Waals surface area (Å²) in [6, 6.07) is 7.45. The van der Waals surface area contributed by atoms with Crippen molar-refractivity contribution in [3.63, 3.8) is 0 Å². The van der Waals surface area contributed by atoms with Crippen LogP contribution in [0.2, 0.25) is 0 Å². The maximum absolute atomic E-state index is 11.8. The monoisotopic (exact) mass is 277 g/mol. The van der Waals surface area contributed by atoms with Gasteiger partial charge in [-0.3, -0.25) is 14.2 Å². The molecule has 4 heteroatoms. The Morgan fingerprint density at radius 1 is 1.12 bits per heavy atom. The molecule has 0 bridgehead atoms. The van der Waals surface area contributed by atoms with Crippen LogP contribution in [0.5, 0.6) is 0 Å². The lowest BCUT2D eigenvalue weighted by atomic mass is 10.1. The molecule has 0 amide bonds. The van der Waals surface area contributed by atoms with E-state index in [0.717, 1.165) is 15.4 Å². The third-order valence-electron chi connectivity index (χ3n) is 2.86. The van der Waals surface area contributed by atoms with Gasteiger partial charge >= 0.3 is 0 Å². The number of carbonyl (C=O) groups is 2. The highest BCUT2D eigenvalue weighted by Gasteiger charge is 2.25. The van der Waals surface area contributed by atoms with Gasteiger partial charge in [0.15, 0.2) is 5.78 Å².